The third-order valence-electron chi connectivity index (χ3n) is 2.55. The first-order valence-corrected chi connectivity index (χ1v) is 6.26. The molecule has 0 radical (unpaired) electrons. The summed E-state index contributed by atoms with van der Waals surface area (Å²) in [6, 6.07) is 2.24. The summed E-state index contributed by atoms with van der Waals surface area (Å²) < 4.78 is 13.4. The molecule has 0 heterocycles. The third kappa shape index (κ3) is 3.83. The van der Waals surface area contributed by atoms with Gasteiger partial charge in [-0.05, 0) is 26.0 Å². The van der Waals surface area contributed by atoms with Gasteiger partial charge in [0.2, 0.25) is 5.91 Å². The Morgan fingerprint density at radius 3 is 2.61 bits per heavy atom. The molecule has 1 amide bonds. The van der Waals surface area contributed by atoms with E-state index in [1.165, 1.54) is 12.1 Å². The van der Waals surface area contributed by atoms with Crippen LogP contribution in [0.5, 0.6) is 0 Å². The fourth-order valence-corrected chi connectivity index (χ4v) is 2.51. The first-order valence-electron chi connectivity index (χ1n) is 5.50. The van der Waals surface area contributed by atoms with Gasteiger partial charge in [-0.3, -0.25) is 4.79 Å². The number of nitrogens with two attached hydrogens (primary N) is 1. The van der Waals surface area contributed by atoms with Crippen LogP contribution >= 0.6 is 23.2 Å². The Morgan fingerprint density at radius 2 is 2.06 bits per heavy atom. The second-order valence-electron chi connectivity index (χ2n) is 4.22. The van der Waals surface area contributed by atoms with E-state index < -0.39 is 11.7 Å². The molecule has 0 saturated carbocycles. The van der Waals surface area contributed by atoms with E-state index in [-0.39, 0.29) is 23.5 Å². The van der Waals surface area contributed by atoms with E-state index in [2.05, 4.69) is 5.32 Å². The van der Waals surface area contributed by atoms with Gasteiger partial charge in [0.1, 0.15) is 5.82 Å². The number of primary amides is 1. The van der Waals surface area contributed by atoms with Crippen LogP contribution in [0.15, 0.2) is 12.1 Å². The van der Waals surface area contributed by atoms with Crippen LogP contribution in [0.1, 0.15) is 31.9 Å². The molecule has 0 aliphatic carbocycles. The summed E-state index contributed by atoms with van der Waals surface area (Å²) in [5, 5.41) is 3.48. The predicted octanol–water partition coefficient (Wildman–Crippen LogP) is 3.05. The van der Waals surface area contributed by atoms with Gasteiger partial charge < -0.3 is 11.1 Å². The van der Waals surface area contributed by atoms with Crippen molar-refractivity contribution in [2.24, 2.45) is 5.73 Å². The quantitative estimate of drug-likeness (QED) is 0.820. The molecule has 1 aromatic carbocycles. The molecule has 3 nitrogen and oxygen atoms in total. The Hall–Kier alpha value is -0.840. The maximum absolute atomic E-state index is 13.4. The Labute approximate surface area is 115 Å². The number of carbonyl (C=O) groups excluding carboxylic acids is 1. The van der Waals surface area contributed by atoms with Gasteiger partial charge in [-0.25, -0.2) is 4.39 Å². The Balaban J connectivity index is 2.87. The van der Waals surface area contributed by atoms with Crippen molar-refractivity contribution in [3.63, 3.8) is 0 Å². The Morgan fingerprint density at radius 1 is 1.44 bits per heavy atom. The van der Waals surface area contributed by atoms with E-state index in [1.54, 1.807) is 6.92 Å². The molecule has 6 heteroatoms. The van der Waals surface area contributed by atoms with E-state index in [1.807, 2.05) is 6.92 Å². The van der Waals surface area contributed by atoms with Crippen molar-refractivity contribution in [2.45, 2.75) is 32.4 Å². The topological polar surface area (TPSA) is 55.1 Å². The normalized spacial score (nSPS) is 14.3. The maximum atomic E-state index is 13.4. The lowest BCUT2D eigenvalue weighted by atomic mass is 10.1. The SMILES string of the molecule is CC(CC(N)=O)NC(C)c1c(Cl)ccc(F)c1Cl. The Bertz CT molecular complexity index is 454. The van der Waals surface area contributed by atoms with E-state index in [9.17, 15) is 9.18 Å². The lowest BCUT2D eigenvalue weighted by molar-refractivity contribution is -0.118. The zero-order chi connectivity index (χ0) is 13.9. The van der Waals surface area contributed by atoms with Crippen LogP contribution in [0.3, 0.4) is 0 Å². The van der Waals surface area contributed by atoms with Gasteiger partial charge in [0.05, 0.1) is 5.02 Å². The van der Waals surface area contributed by atoms with Crippen molar-refractivity contribution in [3.8, 4) is 0 Å². The van der Waals surface area contributed by atoms with E-state index in [0.29, 0.717) is 10.6 Å². The van der Waals surface area contributed by atoms with Gasteiger partial charge in [-0.15, -0.1) is 0 Å². The Kier molecular flexibility index (Phi) is 5.38. The molecular formula is C12H15Cl2FN2O. The average Bonchev–Trinajstić information content (AvgIpc) is 2.22. The minimum Gasteiger partial charge on any atom is -0.370 e. The van der Waals surface area contributed by atoms with Crippen LogP contribution in [0.4, 0.5) is 4.39 Å². The van der Waals surface area contributed by atoms with E-state index in [0.717, 1.165) is 0 Å². The lowest BCUT2D eigenvalue weighted by Gasteiger charge is -2.21. The predicted molar refractivity (Wildman–Crippen MR) is 71.2 cm³/mol. The van der Waals surface area contributed by atoms with Crippen molar-refractivity contribution in [2.75, 3.05) is 0 Å². The second-order valence-corrected chi connectivity index (χ2v) is 5.00. The summed E-state index contributed by atoms with van der Waals surface area (Å²) in [6.45, 7) is 3.60. The van der Waals surface area contributed by atoms with E-state index in [4.69, 9.17) is 28.9 Å². The van der Waals surface area contributed by atoms with Crippen LogP contribution in [0.2, 0.25) is 10.0 Å². The largest absolute Gasteiger partial charge is 0.370 e. The summed E-state index contributed by atoms with van der Waals surface area (Å²) in [4.78, 5) is 10.8. The molecule has 1 rings (SSSR count). The highest BCUT2D eigenvalue weighted by Gasteiger charge is 2.19. The summed E-state index contributed by atoms with van der Waals surface area (Å²) >= 11 is 11.9. The molecule has 2 unspecified atom stereocenters. The highest BCUT2D eigenvalue weighted by molar-refractivity contribution is 6.36. The van der Waals surface area contributed by atoms with Crippen molar-refractivity contribution in [1.82, 2.24) is 5.32 Å². The number of benzene rings is 1. The maximum Gasteiger partial charge on any atom is 0.218 e. The molecular weight excluding hydrogens is 278 g/mol. The van der Waals surface area contributed by atoms with Crippen molar-refractivity contribution < 1.29 is 9.18 Å². The second kappa shape index (κ2) is 6.36. The summed E-state index contributed by atoms with van der Waals surface area (Å²) in [5.74, 6) is -0.925. The standard InChI is InChI=1S/C12H15Cl2FN2O/c1-6(5-10(16)18)17-7(2)11-8(13)3-4-9(15)12(11)14/h3-4,6-7,17H,5H2,1-2H3,(H2,16,18). The fraction of sp³-hybridized carbons (Fsp3) is 0.417. The number of hydrogen-bond acceptors (Lipinski definition) is 2. The highest BCUT2D eigenvalue weighted by atomic mass is 35.5. The van der Waals surface area contributed by atoms with Crippen LogP contribution in [0.25, 0.3) is 0 Å². The number of halogens is 3. The van der Waals surface area contributed by atoms with Crippen molar-refractivity contribution in [1.29, 1.82) is 0 Å². The monoisotopic (exact) mass is 292 g/mol. The van der Waals surface area contributed by atoms with Crippen LogP contribution in [-0.4, -0.2) is 11.9 Å². The molecule has 0 aliphatic heterocycles. The van der Waals surface area contributed by atoms with Gasteiger partial charge in [0.15, 0.2) is 0 Å². The lowest BCUT2D eigenvalue weighted by Crippen LogP contribution is -2.33. The summed E-state index contributed by atoms with van der Waals surface area (Å²) in [7, 11) is 0. The number of nitrogens with one attached hydrogen (secondary N) is 1. The number of rotatable bonds is 5. The first kappa shape index (κ1) is 15.2. The van der Waals surface area contributed by atoms with Gasteiger partial charge in [-0.2, -0.15) is 0 Å². The van der Waals surface area contributed by atoms with Gasteiger partial charge in [0, 0.05) is 29.1 Å². The molecule has 18 heavy (non-hydrogen) atoms. The molecule has 3 N–H and O–H groups in total. The molecule has 0 saturated heterocycles. The van der Waals surface area contributed by atoms with Crippen molar-refractivity contribution in [3.05, 3.63) is 33.6 Å². The van der Waals surface area contributed by atoms with Gasteiger partial charge in [0.25, 0.3) is 0 Å². The zero-order valence-electron chi connectivity index (χ0n) is 10.1. The van der Waals surface area contributed by atoms with Crippen LogP contribution in [-0.2, 0) is 4.79 Å². The minimum absolute atomic E-state index is 0.00576. The van der Waals surface area contributed by atoms with Gasteiger partial charge in [-0.1, -0.05) is 23.2 Å². The third-order valence-corrected chi connectivity index (χ3v) is 3.27. The molecule has 0 fully saturated rings. The fourth-order valence-electron chi connectivity index (χ4n) is 1.81. The first-order chi connectivity index (χ1) is 8.32. The molecule has 0 aliphatic rings. The minimum atomic E-state index is -0.521. The summed E-state index contributed by atoms with van der Waals surface area (Å²) in [5.41, 5.74) is 5.58. The molecule has 0 spiro atoms. The molecule has 1 aromatic rings. The van der Waals surface area contributed by atoms with Crippen LogP contribution in [0, 0.1) is 5.82 Å². The summed E-state index contributed by atoms with van der Waals surface area (Å²) in [6.07, 6.45) is 0.189. The highest BCUT2D eigenvalue weighted by Crippen LogP contribution is 2.32. The zero-order valence-corrected chi connectivity index (χ0v) is 11.6. The number of hydrogen-bond donors (Lipinski definition) is 2. The molecule has 100 valence electrons. The molecule has 2 atom stereocenters. The van der Waals surface area contributed by atoms with Crippen LogP contribution < -0.4 is 11.1 Å². The van der Waals surface area contributed by atoms with Gasteiger partial charge >= 0.3 is 0 Å². The number of carbonyl (C=O) groups is 1. The molecule has 0 aromatic heterocycles. The molecule has 0 bridgehead atoms. The van der Waals surface area contributed by atoms with E-state index >= 15 is 0 Å². The average molecular weight is 293 g/mol. The number of amides is 1. The van der Waals surface area contributed by atoms with Crippen molar-refractivity contribution >= 4 is 29.1 Å². The smallest absolute Gasteiger partial charge is 0.218 e.